The van der Waals surface area contributed by atoms with E-state index in [4.69, 9.17) is 9.15 Å². The lowest BCUT2D eigenvalue weighted by Crippen LogP contribution is -2.41. The lowest BCUT2D eigenvalue weighted by molar-refractivity contribution is 0.00364. The van der Waals surface area contributed by atoms with Gasteiger partial charge in [0.15, 0.2) is 0 Å². The molecule has 3 fully saturated rings. The van der Waals surface area contributed by atoms with E-state index in [1.807, 2.05) is 31.2 Å². The minimum atomic E-state index is -0.0121. The second kappa shape index (κ2) is 6.99. The van der Waals surface area contributed by atoms with Gasteiger partial charge in [-0.1, -0.05) is 11.6 Å². The van der Waals surface area contributed by atoms with Crippen LogP contribution < -0.4 is 5.32 Å². The molecule has 0 unspecified atom stereocenters. The first-order valence-electron chi connectivity index (χ1n) is 10.8. The van der Waals surface area contributed by atoms with Crippen molar-refractivity contribution in [2.45, 2.75) is 45.3 Å². The molecule has 2 aromatic rings. The number of hydrogen-bond donors (Lipinski definition) is 1. The SMILES string of the molecule is CC(C)=CCN1C[C@@H]2[C@H](CNC(=O)c3ccc4oc(C)cc4c3)[C@H]3CC[C@]2(C1)O3. The van der Waals surface area contributed by atoms with E-state index in [0.717, 1.165) is 49.2 Å². The summed E-state index contributed by atoms with van der Waals surface area (Å²) in [5.41, 5.74) is 2.89. The Morgan fingerprint density at radius 3 is 3.03 bits per heavy atom. The van der Waals surface area contributed by atoms with Crippen molar-refractivity contribution in [2.24, 2.45) is 11.8 Å². The lowest BCUT2D eigenvalue weighted by atomic mass is 9.73. The van der Waals surface area contributed by atoms with Crippen molar-refractivity contribution in [1.29, 1.82) is 0 Å². The minimum Gasteiger partial charge on any atom is -0.461 e. The zero-order valence-electron chi connectivity index (χ0n) is 17.5. The first kappa shape index (κ1) is 18.9. The van der Waals surface area contributed by atoms with Gasteiger partial charge in [-0.05, 0) is 57.9 Å². The molecule has 1 aromatic carbocycles. The maximum atomic E-state index is 12.8. The summed E-state index contributed by atoms with van der Waals surface area (Å²) in [5.74, 6) is 1.78. The molecule has 1 amide bonds. The van der Waals surface area contributed by atoms with Gasteiger partial charge in [-0.25, -0.2) is 0 Å². The van der Waals surface area contributed by atoms with Crippen molar-refractivity contribution in [3.8, 4) is 0 Å². The summed E-state index contributed by atoms with van der Waals surface area (Å²) in [6.45, 7) is 10.0. The third-order valence-electron chi connectivity index (χ3n) is 7.01. The number of carbonyl (C=O) groups excluding carboxylic acids is 1. The number of likely N-dealkylation sites (tertiary alicyclic amines) is 1. The number of nitrogens with zero attached hydrogens (tertiary/aromatic N) is 1. The van der Waals surface area contributed by atoms with Gasteiger partial charge in [-0.3, -0.25) is 9.69 Å². The second-order valence-corrected chi connectivity index (χ2v) is 9.33. The molecular weight excluding hydrogens is 364 g/mol. The van der Waals surface area contributed by atoms with Crippen molar-refractivity contribution >= 4 is 16.9 Å². The number of benzene rings is 1. The molecule has 29 heavy (non-hydrogen) atoms. The van der Waals surface area contributed by atoms with Crippen LogP contribution in [0.1, 0.15) is 42.8 Å². The van der Waals surface area contributed by atoms with Gasteiger partial charge in [-0.15, -0.1) is 0 Å². The fraction of sp³-hybridized carbons (Fsp3) is 0.542. The minimum absolute atomic E-state index is 0.0121. The Morgan fingerprint density at radius 2 is 2.21 bits per heavy atom. The van der Waals surface area contributed by atoms with E-state index < -0.39 is 0 Å². The van der Waals surface area contributed by atoms with Crippen LogP contribution >= 0.6 is 0 Å². The molecule has 3 aliphatic rings. The molecule has 5 heteroatoms. The number of ether oxygens (including phenoxy) is 1. The van der Waals surface area contributed by atoms with Crippen LogP contribution in [0.25, 0.3) is 11.0 Å². The number of nitrogens with one attached hydrogen (secondary N) is 1. The molecule has 2 bridgehead atoms. The smallest absolute Gasteiger partial charge is 0.251 e. The van der Waals surface area contributed by atoms with E-state index in [9.17, 15) is 4.79 Å². The van der Waals surface area contributed by atoms with Crippen molar-refractivity contribution in [3.05, 3.63) is 47.2 Å². The molecule has 4 heterocycles. The van der Waals surface area contributed by atoms with E-state index in [1.165, 1.54) is 5.57 Å². The summed E-state index contributed by atoms with van der Waals surface area (Å²) in [6.07, 6.45) is 4.88. The van der Waals surface area contributed by atoms with Crippen LogP contribution in [0.4, 0.5) is 0 Å². The third kappa shape index (κ3) is 3.30. The Balaban J connectivity index is 1.25. The van der Waals surface area contributed by atoms with Crippen LogP contribution in [0, 0.1) is 18.8 Å². The summed E-state index contributed by atoms with van der Waals surface area (Å²) in [7, 11) is 0. The largest absolute Gasteiger partial charge is 0.461 e. The van der Waals surface area contributed by atoms with Gasteiger partial charge >= 0.3 is 0 Å². The summed E-state index contributed by atoms with van der Waals surface area (Å²) < 4.78 is 12.1. The van der Waals surface area contributed by atoms with Crippen LogP contribution in [0.15, 0.2) is 40.3 Å². The average molecular weight is 395 g/mol. The molecule has 1 N–H and O–H groups in total. The topological polar surface area (TPSA) is 54.7 Å². The first-order chi connectivity index (χ1) is 13.9. The molecule has 3 aliphatic heterocycles. The summed E-state index contributed by atoms with van der Waals surface area (Å²) >= 11 is 0. The highest BCUT2D eigenvalue weighted by atomic mass is 16.5. The van der Waals surface area contributed by atoms with Gasteiger partial charge in [0.25, 0.3) is 5.91 Å². The second-order valence-electron chi connectivity index (χ2n) is 9.33. The predicted molar refractivity (Wildman–Crippen MR) is 113 cm³/mol. The number of allylic oxidation sites excluding steroid dienone is 1. The van der Waals surface area contributed by atoms with Gasteiger partial charge in [-0.2, -0.15) is 0 Å². The molecule has 0 radical (unpaired) electrons. The van der Waals surface area contributed by atoms with E-state index in [-0.39, 0.29) is 11.5 Å². The quantitative estimate of drug-likeness (QED) is 0.781. The molecule has 4 atom stereocenters. The molecule has 0 saturated carbocycles. The van der Waals surface area contributed by atoms with Gasteiger partial charge in [0.2, 0.25) is 0 Å². The Bertz CT molecular complexity index is 974. The number of amides is 1. The Hall–Kier alpha value is -2.11. The zero-order chi connectivity index (χ0) is 20.2. The van der Waals surface area contributed by atoms with E-state index in [1.54, 1.807) is 0 Å². The van der Waals surface area contributed by atoms with Crippen LogP contribution in [-0.2, 0) is 4.74 Å². The number of hydrogen-bond acceptors (Lipinski definition) is 4. The van der Waals surface area contributed by atoms with Crippen molar-refractivity contribution in [1.82, 2.24) is 10.2 Å². The molecule has 5 nitrogen and oxygen atoms in total. The van der Waals surface area contributed by atoms with Gasteiger partial charge in [0.05, 0.1) is 11.7 Å². The molecule has 1 spiro atoms. The Labute approximate surface area is 172 Å². The standard InChI is InChI=1S/C24H30N2O3/c1-15(2)7-9-26-13-20-19(22-6-8-24(20,14-26)29-22)12-25-23(27)17-4-5-21-18(11-17)10-16(3)28-21/h4-5,7,10-11,19-20,22H,6,8-9,12-14H2,1-3H3,(H,25,27)/t19-,20+,22+,24+/m0/s1. The van der Waals surface area contributed by atoms with Crippen LogP contribution in [0.2, 0.25) is 0 Å². The molecule has 1 aromatic heterocycles. The van der Waals surface area contributed by atoms with Crippen molar-refractivity contribution < 1.29 is 13.9 Å². The van der Waals surface area contributed by atoms with Crippen molar-refractivity contribution in [2.75, 3.05) is 26.2 Å². The van der Waals surface area contributed by atoms with Gasteiger partial charge < -0.3 is 14.5 Å². The van der Waals surface area contributed by atoms with E-state index >= 15 is 0 Å². The van der Waals surface area contributed by atoms with Crippen molar-refractivity contribution in [3.63, 3.8) is 0 Å². The third-order valence-corrected chi connectivity index (χ3v) is 7.01. The number of carbonyl (C=O) groups is 1. The number of furan rings is 1. The predicted octanol–water partition coefficient (Wildman–Crippen LogP) is 3.92. The number of fused-ring (bicyclic) bond motifs is 2. The fourth-order valence-electron chi connectivity index (χ4n) is 5.64. The normalized spacial score (nSPS) is 30.7. The monoisotopic (exact) mass is 394 g/mol. The highest BCUT2D eigenvalue weighted by Crippen LogP contribution is 2.54. The molecule has 0 aliphatic carbocycles. The molecule has 5 rings (SSSR count). The maximum Gasteiger partial charge on any atom is 0.251 e. The van der Waals surface area contributed by atoms with E-state index in [0.29, 0.717) is 30.0 Å². The summed E-state index contributed by atoms with van der Waals surface area (Å²) in [5, 5.41) is 4.17. The maximum absolute atomic E-state index is 12.8. The average Bonchev–Trinajstić information content (AvgIpc) is 3.41. The van der Waals surface area contributed by atoms with Crippen LogP contribution in [0.5, 0.6) is 0 Å². The lowest BCUT2D eigenvalue weighted by Gasteiger charge is -2.29. The van der Waals surface area contributed by atoms with E-state index in [2.05, 4.69) is 30.1 Å². The molecule has 3 saturated heterocycles. The Kier molecular flexibility index (Phi) is 4.56. The van der Waals surface area contributed by atoms with Crippen LogP contribution in [0.3, 0.4) is 0 Å². The first-order valence-corrected chi connectivity index (χ1v) is 10.8. The number of aryl methyl sites for hydroxylation is 1. The summed E-state index contributed by atoms with van der Waals surface area (Å²) in [6, 6.07) is 7.61. The van der Waals surface area contributed by atoms with Crippen LogP contribution in [-0.4, -0.2) is 48.7 Å². The fourth-order valence-corrected chi connectivity index (χ4v) is 5.64. The highest BCUT2D eigenvalue weighted by Gasteiger charge is 2.62. The summed E-state index contributed by atoms with van der Waals surface area (Å²) in [4.78, 5) is 15.3. The number of rotatable bonds is 5. The molecule has 154 valence electrons. The Morgan fingerprint density at radius 1 is 1.34 bits per heavy atom. The molecular formula is C24H30N2O3. The zero-order valence-corrected chi connectivity index (χ0v) is 17.5. The highest BCUT2D eigenvalue weighted by molar-refractivity contribution is 5.97. The van der Waals surface area contributed by atoms with Gasteiger partial charge in [0.1, 0.15) is 11.3 Å². The van der Waals surface area contributed by atoms with Gasteiger partial charge in [0, 0.05) is 49.0 Å².